The maximum atomic E-state index is 11.4. The zero-order valence-corrected chi connectivity index (χ0v) is 17.6. The van der Waals surface area contributed by atoms with Gasteiger partial charge in [0.15, 0.2) is 0 Å². The molecule has 26 heavy (non-hydrogen) atoms. The van der Waals surface area contributed by atoms with Gasteiger partial charge in [0.25, 0.3) is 0 Å². The first-order chi connectivity index (χ1) is 12.6. The maximum absolute atomic E-state index is 11.4. The highest BCUT2D eigenvalue weighted by Crippen LogP contribution is 2.34. The summed E-state index contributed by atoms with van der Waals surface area (Å²) in [5.74, 6) is 1.47. The Labute approximate surface area is 161 Å². The van der Waals surface area contributed by atoms with Crippen LogP contribution in [0.2, 0.25) is 0 Å². The number of carbonyl (C=O) groups is 1. The predicted octanol–water partition coefficient (Wildman–Crippen LogP) is 5.64. The van der Waals surface area contributed by atoms with Crippen LogP contribution >= 0.6 is 8.15 Å². The summed E-state index contributed by atoms with van der Waals surface area (Å²) in [7, 11) is -1.96. The summed E-state index contributed by atoms with van der Waals surface area (Å²) >= 11 is 0. The summed E-state index contributed by atoms with van der Waals surface area (Å²) in [6.45, 7) is 1.63. The number of hydrogen-bond donors (Lipinski definition) is 3. The average molecular weight is 389 g/mol. The van der Waals surface area contributed by atoms with Gasteiger partial charge in [-0.05, 0) is 18.7 Å². The van der Waals surface area contributed by atoms with Crippen LogP contribution in [0.1, 0.15) is 103 Å². The van der Waals surface area contributed by atoms with E-state index in [1.807, 2.05) is 6.08 Å². The van der Waals surface area contributed by atoms with Crippen molar-refractivity contribution in [2.45, 2.75) is 109 Å². The maximum Gasteiger partial charge on any atom is 0.215 e. The normalized spacial score (nSPS) is 14.0. The molecule has 0 amide bonds. The zero-order chi connectivity index (χ0) is 19.5. The standard InChI is InChI=1S/C21H41O4P/c1-2-3-4-5-6-7-8-9-10-11-12-13-14-15-16-17-18-26(25)21(24)20(23)19-22/h17-18,20,22-23,25H,2-16,19H2,1H3. The minimum atomic E-state index is -1.96. The fraction of sp³-hybridized carbons (Fsp3) is 0.857. The first-order valence-corrected chi connectivity index (χ1v) is 12.0. The van der Waals surface area contributed by atoms with Gasteiger partial charge < -0.3 is 15.1 Å². The van der Waals surface area contributed by atoms with Crippen LogP contribution in [-0.4, -0.2) is 33.3 Å². The van der Waals surface area contributed by atoms with E-state index in [-0.39, 0.29) is 0 Å². The van der Waals surface area contributed by atoms with E-state index in [1.165, 1.54) is 89.3 Å². The molecule has 0 fully saturated rings. The Kier molecular flexibility index (Phi) is 19.3. The molecule has 0 aliphatic carbocycles. The van der Waals surface area contributed by atoms with Crippen molar-refractivity contribution < 1.29 is 19.9 Å². The number of hydrogen-bond acceptors (Lipinski definition) is 4. The van der Waals surface area contributed by atoms with Gasteiger partial charge in [-0.1, -0.05) is 96.5 Å². The smallest absolute Gasteiger partial charge is 0.215 e. The van der Waals surface area contributed by atoms with Crippen molar-refractivity contribution >= 4 is 13.7 Å². The van der Waals surface area contributed by atoms with E-state index in [1.54, 1.807) is 0 Å². The van der Waals surface area contributed by atoms with Crippen LogP contribution in [-0.2, 0) is 4.79 Å². The van der Waals surface area contributed by atoms with Gasteiger partial charge in [-0.25, -0.2) is 0 Å². The summed E-state index contributed by atoms with van der Waals surface area (Å²) in [6.07, 6.45) is 19.8. The quantitative estimate of drug-likeness (QED) is 0.198. The molecule has 5 heteroatoms. The number of aliphatic hydroxyl groups is 2. The molecule has 0 spiro atoms. The van der Waals surface area contributed by atoms with Gasteiger partial charge in [0.05, 0.1) is 6.61 Å². The van der Waals surface area contributed by atoms with Crippen molar-refractivity contribution in [1.29, 1.82) is 0 Å². The van der Waals surface area contributed by atoms with Crippen LogP contribution in [0.25, 0.3) is 0 Å². The van der Waals surface area contributed by atoms with E-state index in [4.69, 9.17) is 10.2 Å². The molecule has 3 N–H and O–H groups in total. The molecule has 0 bridgehead atoms. The lowest BCUT2D eigenvalue weighted by molar-refractivity contribution is -0.121. The van der Waals surface area contributed by atoms with Gasteiger partial charge in [0.2, 0.25) is 5.52 Å². The largest absolute Gasteiger partial charge is 0.393 e. The van der Waals surface area contributed by atoms with Crippen LogP contribution in [0, 0.1) is 0 Å². The number of carbonyl (C=O) groups excluding carboxylic acids is 1. The molecule has 0 radical (unpaired) electrons. The minimum absolute atomic E-state index is 0.634. The predicted molar refractivity (Wildman–Crippen MR) is 111 cm³/mol. The van der Waals surface area contributed by atoms with Crippen molar-refractivity contribution in [3.63, 3.8) is 0 Å². The highest BCUT2D eigenvalue weighted by Gasteiger charge is 2.20. The van der Waals surface area contributed by atoms with Gasteiger partial charge >= 0.3 is 0 Å². The molecule has 2 unspecified atom stereocenters. The summed E-state index contributed by atoms with van der Waals surface area (Å²) in [5.41, 5.74) is -0.681. The Morgan fingerprint density at radius 1 is 0.846 bits per heavy atom. The molecule has 0 aromatic heterocycles. The van der Waals surface area contributed by atoms with Gasteiger partial charge in [0, 0.05) is 0 Å². The van der Waals surface area contributed by atoms with Crippen molar-refractivity contribution in [3.05, 3.63) is 11.9 Å². The molecule has 0 saturated heterocycles. The summed E-state index contributed by atoms with van der Waals surface area (Å²) in [4.78, 5) is 21.0. The summed E-state index contributed by atoms with van der Waals surface area (Å²) in [5, 5.41) is 17.8. The van der Waals surface area contributed by atoms with Crippen LogP contribution in [0.4, 0.5) is 0 Å². The van der Waals surface area contributed by atoms with Crippen molar-refractivity contribution in [3.8, 4) is 0 Å². The van der Waals surface area contributed by atoms with Crippen LogP contribution in [0.3, 0.4) is 0 Å². The highest BCUT2D eigenvalue weighted by molar-refractivity contribution is 7.72. The molecule has 0 heterocycles. The fourth-order valence-electron chi connectivity index (χ4n) is 2.94. The lowest BCUT2D eigenvalue weighted by Gasteiger charge is -2.08. The highest BCUT2D eigenvalue weighted by atomic mass is 31.1. The van der Waals surface area contributed by atoms with Gasteiger partial charge in [-0.2, -0.15) is 0 Å². The molecular weight excluding hydrogens is 347 g/mol. The first kappa shape index (κ1) is 25.7. The Bertz CT molecular complexity index is 347. The number of unbranched alkanes of at least 4 members (excludes halogenated alkanes) is 14. The molecule has 0 saturated carbocycles. The monoisotopic (exact) mass is 388 g/mol. The molecule has 0 aromatic carbocycles. The molecule has 0 rings (SSSR count). The third-order valence-corrected chi connectivity index (χ3v) is 5.90. The number of aliphatic hydroxyl groups excluding tert-OH is 2. The van der Waals surface area contributed by atoms with E-state index < -0.39 is 26.4 Å². The zero-order valence-electron chi connectivity index (χ0n) is 16.7. The van der Waals surface area contributed by atoms with Crippen molar-refractivity contribution in [1.82, 2.24) is 0 Å². The third kappa shape index (κ3) is 15.9. The molecule has 4 nitrogen and oxygen atoms in total. The Morgan fingerprint density at radius 3 is 1.69 bits per heavy atom. The summed E-state index contributed by atoms with van der Waals surface area (Å²) < 4.78 is 0. The van der Waals surface area contributed by atoms with Crippen LogP contribution in [0.15, 0.2) is 11.9 Å². The molecule has 2 atom stereocenters. The van der Waals surface area contributed by atoms with E-state index >= 15 is 0 Å². The van der Waals surface area contributed by atoms with Crippen LogP contribution in [0.5, 0.6) is 0 Å². The van der Waals surface area contributed by atoms with E-state index in [0.717, 1.165) is 12.8 Å². The number of rotatable bonds is 19. The summed E-state index contributed by atoms with van der Waals surface area (Å²) in [6, 6.07) is 0. The van der Waals surface area contributed by atoms with Crippen molar-refractivity contribution in [2.75, 3.05) is 6.61 Å². The average Bonchev–Trinajstić information content (AvgIpc) is 2.66. The van der Waals surface area contributed by atoms with E-state index in [9.17, 15) is 9.69 Å². The Balaban J connectivity index is 3.31. The second-order valence-electron chi connectivity index (χ2n) is 7.15. The molecular formula is C21H41O4P. The lowest BCUT2D eigenvalue weighted by atomic mass is 10.0. The third-order valence-electron chi connectivity index (χ3n) is 4.65. The van der Waals surface area contributed by atoms with Crippen molar-refractivity contribution in [2.24, 2.45) is 0 Å². The van der Waals surface area contributed by atoms with Gasteiger partial charge in [0.1, 0.15) is 14.3 Å². The Morgan fingerprint density at radius 2 is 1.27 bits per heavy atom. The van der Waals surface area contributed by atoms with E-state index in [2.05, 4.69) is 6.92 Å². The van der Waals surface area contributed by atoms with Gasteiger partial charge in [-0.15, -0.1) is 0 Å². The minimum Gasteiger partial charge on any atom is -0.393 e. The molecule has 0 aliphatic rings. The first-order valence-electron chi connectivity index (χ1n) is 10.6. The molecule has 154 valence electrons. The topological polar surface area (TPSA) is 77.8 Å². The van der Waals surface area contributed by atoms with Gasteiger partial charge in [-0.3, -0.25) is 4.79 Å². The second kappa shape index (κ2) is 19.5. The Hall–Kier alpha value is -0.280. The molecule has 0 aromatic rings. The second-order valence-corrected chi connectivity index (χ2v) is 8.58. The van der Waals surface area contributed by atoms with Crippen LogP contribution < -0.4 is 0 Å². The molecule has 0 aliphatic heterocycles. The lowest BCUT2D eigenvalue weighted by Crippen LogP contribution is -2.22. The SMILES string of the molecule is CCCCCCCCCCCCCCCCC=CP(O)C(=O)C(O)CO. The fourth-order valence-corrected chi connectivity index (χ4v) is 3.82. The van der Waals surface area contributed by atoms with E-state index in [0.29, 0.717) is 0 Å². The number of allylic oxidation sites excluding steroid dienone is 1.